The highest BCUT2D eigenvalue weighted by molar-refractivity contribution is 7.03. The van der Waals surface area contributed by atoms with Gasteiger partial charge in [-0.15, -0.1) is 5.10 Å². The Morgan fingerprint density at radius 2 is 2.37 bits per heavy atom. The summed E-state index contributed by atoms with van der Waals surface area (Å²) in [7, 11) is 0. The van der Waals surface area contributed by atoms with Crippen molar-refractivity contribution in [2.75, 3.05) is 6.61 Å². The Bertz CT molecular complexity index is 443. The van der Waals surface area contributed by atoms with Gasteiger partial charge in [-0.25, -0.2) is 0 Å². The second-order valence-electron chi connectivity index (χ2n) is 5.44. The van der Waals surface area contributed by atoms with Crippen molar-refractivity contribution in [3.8, 4) is 0 Å². The van der Waals surface area contributed by atoms with Gasteiger partial charge in [-0.05, 0) is 37.7 Å². The highest BCUT2D eigenvalue weighted by Crippen LogP contribution is 2.54. The van der Waals surface area contributed by atoms with E-state index in [9.17, 15) is 4.79 Å². The zero-order valence-corrected chi connectivity index (χ0v) is 11.9. The number of carbonyl (C=O) groups excluding carboxylic acids is 1. The molecular weight excluding hydrogens is 262 g/mol. The third-order valence-corrected chi connectivity index (χ3v) is 5.09. The molecule has 0 unspecified atom stereocenters. The minimum atomic E-state index is -0.0972. The summed E-state index contributed by atoms with van der Waals surface area (Å²) in [6.07, 6.45) is 6.06. The van der Waals surface area contributed by atoms with Crippen LogP contribution in [0.4, 0.5) is 0 Å². The first-order valence-corrected chi connectivity index (χ1v) is 7.79. The lowest BCUT2D eigenvalue weighted by molar-refractivity contribution is -0.127. The van der Waals surface area contributed by atoms with Crippen molar-refractivity contribution in [2.45, 2.75) is 51.2 Å². The van der Waals surface area contributed by atoms with Crippen LogP contribution >= 0.6 is 11.5 Å². The number of hydrogen-bond acceptors (Lipinski definition) is 5. The van der Waals surface area contributed by atoms with Crippen molar-refractivity contribution in [1.29, 1.82) is 0 Å². The summed E-state index contributed by atoms with van der Waals surface area (Å²) >= 11 is 1.21. The molecule has 0 bridgehead atoms. The van der Waals surface area contributed by atoms with Gasteiger partial charge in [-0.1, -0.05) is 17.3 Å². The van der Waals surface area contributed by atoms with Gasteiger partial charge in [0.05, 0.1) is 6.10 Å². The van der Waals surface area contributed by atoms with Gasteiger partial charge < -0.3 is 10.1 Å². The molecule has 6 heteroatoms. The molecule has 104 valence electrons. The van der Waals surface area contributed by atoms with Crippen molar-refractivity contribution in [2.24, 2.45) is 5.41 Å². The molecule has 1 amide bonds. The molecule has 0 saturated heterocycles. The third kappa shape index (κ3) is 2.17. The molecule has 2 fully saturated rings. The highest BCUT2D eigenvalue weighted by Gasteiger charge is 2.57. The van der Waals surface area contributed by atoms with Gasteiger partial charge in [0.15, 0.2) is 5.69 Å². The van der Waals surface area contributed by atoms with Crippen LogP contribution in [0.3, 0.4) is 0 Å². The van der Waals surface area contributed by atoms with Crippen molar-refractivity contribution in [1.82, 2.24) is 14.9 Å². The van der Waals surface area contributed by atoms with Gasteiger partial charge in [0.1, 0.15) is 0 Å². The van der Waals surface area contributed by atoms with E-state index in [4.69, 9.17) is 4.74 Å². The van der Waals surface area contributed by atoms with E-state index in [0.29, 0.717) is 11.8 Å². The van der Waals surface area contributed by atoms with E-state index in [1.54, 1.807) is 5.38 Å². The van der Waals surface area contributed by atoms with Gasteiger partial charge in [0.25, 0.3) is 5.91 Å². The topological polar surface area (TPSA) is 64.1 Å². The zero-order chi connectivity index (χ0) is 13.3. The predicted octanol–water partition coefficient (Wildman–Crippen LogP) is 2.01. The molecule has 2 saturated carbocycles. The monoisotopic (exact) mass is 281 g/mol. The number of rotatable bonds is 4. The minimum Gasteiger partial charge on any atom is -0.378 e. The average Bonchev–Trinajstić information content (AvgIpc) is 3.09. The van der Waals surface area contributed by atoms with Crippen LogP contribution in [0.15, 0.2) is 5.38 Å². The second kappa shape index (κ2) is 5.17. The molecule has 3 rings (SSSR count). The predicted molar refractivity (Wildman–Crippen MR) is 72.1 cm³/mol. The number of carbonyl (C=O) groups is 1. The lowest BCUT2D eigenvalue weighted by Crippen LogP contribution is -2.63. The first kappa shape index (κ1) is 13.0. The molecule has 1 heterocycles. The van der Waals surface area contributed by atoms with Gasteiger partial charge in [-0.3, -0.25) is 4.79 Å². The molecule has 1 spiro atoms. The summed E-state index contributed by atoms with van der Waals surface area (Å²) in [6.45, 7) is 2.79. The van der Waals surface area contributed by atoms with Crippen LogP contribution in [0.1, 0.15) is 49.5 Å². The van der Waals surface area contributed by atoms with Gasteiger partial charge >= 0.3 is 0 Å². The maximum atomic E-state index is 12.1. The molecule has 2 aliphatic rings. The van der Waals surface area contributed by atoms with E-state index in [1.807, 2.05) is 6.92 Å². The molecule has 1 aromatic heterocycles. The summed E-state index contributed by atoms with van der Waals surface area (Å²) in [6, 6.07) is 0.237. The largest absolute Gasteiger partial charge is 0.378 e. The fraction of sp³-hybridized carbons (Fsp3) is 0.769. The van der Waals surface area contributed by atoms with Crippen molar-refractivity contribution in [3.05, 3.63) is 11.1 Å². The van der Waals surface area contributed by atoms with E-state index < -0.39 is 0 Å². The van der Waals surface area contributed by atoms with E-state index in [1.165, 1.54) is 24.4 Å². The number of ether oxygens (including phenoxy) is 1. The molecule has 2 aliphatic carbocycles. The van der Waals surface area contributed by atoms with Gasteiger partial charge in [0, 0.05) is 23.4 Å². The quantitative estimate of drug-likeness (QED) is 0.917. The summed E-state index contributed by atoms with van der Waals surface area (Å²) in [5.41, 5.74) is 0.604. The van der Waals surface area contributed by atoms with Crippen molar-refractivity contribution in [3.63, 3.8) is 0 Å². The van der Waals surface area contributed by atoms with Crippen LogP contribution in [-0.2, 0) is 4.74 Å². The van der Waals surface area contributed by atoms with Crippen LogP contribution in [-0.4, -0.2) is 34.2 Å². The Hall–Kier alpha value is -1.01. The molecular formula is C13H19N3O2S. The minimum absolute atomic E-state index is 0.0972. The molecule has 0 radical (unpaired) electrons. The smallest absolute Gasteiger partial charge is 0.272 e. The van der Waals surface area contributed by atoms with E-state index in [2.05, 4.69) is 14.9 Å². The Labute approximate surface area is 116 Å². The van der Waals surface area contributed by atoms with E-state index >= 15 is 0 Å². The van der Waals surface area contributed by atoms with Crippen LogP contribution in [0.5, 0.6) is 0 Å². The summed E-state index contributed by atoms with van der Waals surface area (Å²) in [5, 5.41) is 8.64. The Morgan fingerprint density at radius 3 is 3.00 bits per heavy atom. The average molecular weight is 281 g/mol. The Morgan fingerprint density at radius 1 is 1.58 bits per heavy atom. The zero-order valence-electron chi connectivity index (χ0n) is 11.1. The maximum absolute atomic E-state index is 12.1. The van der Waals surface area contributed by atoms with Crippen LogP contribution < -0.4 is 5.32 Å². The van der Waals surface area contributed by atoms with Crippen molar-refractivity contribution < 1.29 is 9.53 Å². The van der Waals surface area contributed by atoms with Crippen LogP contribution in [0, 0.1) is 5.41 Å². The number of amides is 1. The normalized spacial score (nSPS) is 28.3. The Kier molecular flexibility index (Phi) is 3.54. The SMILES string of the molecule is CCO[C@@H]1C[C@H](NC(=O)c2csnn2)C12CCCC2. The standard InChI is InChI=1S/C13H19N3O2S/c1-2-18-11-7-10(13(11)5-3-4-6-13)14-12(17)9-8-19-16-15-9/h8,10-11H,2-7H2,1H3,(H,14,17)/t10-,11+/m0/s1. The second-order valence-corrected chi connectivity index (χ2v) is 6.05. The summed E-state index contributed by atoms with van der Waals surface area (Å²) < 4.78 is 9.57. The molecule has 0 aliphatic heterocycles. The summed E-state index contributed by atoms with van der Waals surface area (Å²) in [4.78, 5) is 12.1. The van der Waals surface area contributed by atoms with E-state index in [0.717, 1.165) is 25.9 Å². The number of aromatic nitrogens is 2. The van der Waals surface area contributed by atoms with Crippen molar-refractivity contribution >= 4 is 17.4 Å². The molecule has 19 heavy (non-hydrogen) atoms. The molecule has 5 nitrogen and oxygen atoms in total. The fourth-order valence-corrected chi connectivity index (χ4v) is 4.02. The first-order chi connectivity index (χ1) is 9.26. The summed E-state index contributed by atoms with van der Waals surface area (Å²) in [5.74, 6) is -0.0972. The molecule has 0 aromatic carbocycles. The molecule has 2 atom stereocenters. The van der Waals surface area contributed by atoms with E-state index in [-0.39, 0.29) is 17.4 Å². The number of nitrogens with zero attached hydrogens (tertiary/aromatic N) is 2. The van der Waals surface area contributed by atoms with Gasteiger partial charge in [-0.2, -0.15) is 0 Å². The molecule has 1 aromatic rings. The third-order valence-electron chi connectivity index (χ3n) is 4.59. The lowest BCUT2D eigenvalue weighted by Gasteiger charge is -2.53. The Balaban J connectivity index is 1.67. The van der Waals surface area contributed by atoms with Crippen LogP contribution in [0.25, 0.3) is 0 Å². The van der Waals surface area contributed by atoms with Gasteiger partial charge in [0.2, 0.25) is 0 Å². The van der Waals surface area contributed by atoms with Crippen LogP contribution in [0.2, 0.25) is 0 Å². The molecule has 1 N–H and O–H groups in total. The highest BCUT2D eigenvalue weighted by atomic mass is 32.1. The fourth-order valence-electron chi connectivity index (χ4n) is 3.58. The first-order valence-electron chi connectivity index (χ1n) is 6.96. The number of nitrogens with one attached hydrogen (secondary N) is 1. The number of hydrogen-bond donors (Lipinski definition) is 1. The lowest BCUT2D eigenvalue weighted by atomic mass is 9.60. The maximum Gasteiger partial charge on any atom is 0.272 e.